The first-order valence-electron chi connectivity index (χ1n) is 28.1. The van der Waals surface area contributed by atoms with Gasteiger partial charge in [0.1, 0.15) is 19.3 Å². The van der Waals surface area contributed by atoms with E-state index >= 15 is 0 Å². The molecule has 0 bridgehead atoms. The Bertz CT molecular complexity index is 1350. The maximum Gasteiger partial charge on any atom is 0.306 e. The third-order valence-electron chi connectivity index (χ3n) is 12.2. The lowest BCUT2D eigenvalue weighted by molar-refractivity contribution is -0.870. The zero-order valence-corrected chi connectivity index (χ0v) is 45.9. The summed E-state index contributed by atoms with van der Waals surface area (Å²) in [5.74, 6) is -0.564. The summed E-state index contributed by atoms with van der Waals surface area (Å²) >= 11 is 0. The molecule has 1 N–H and O–H groups in total. The van der Waals surface area contributed by atoms with Crippen molar-refractivity contribution in [1.82, 2.24) is 5.32 Å². The van der Waals surface area contributed by atoms with Gasteiger partial charge in [0.25, 0.3) is 7.82 Å². The number of phosphoric acid groups is 1. The predicted molar refractivity (Wildman–Crippen MR) is 289 cm³/mol. The quantitative estimate of drug-likeness (QED) is 0.0161. The molecule has 0 aliphatic heterocycles. The molecule has 0 aromatic rings. The lowest BCUT2D eigenvalue weighted by Gasteiger charge is -2.30. The minimum Gasteiger partial charge on any atom is -0.756 e. The van der Waals surface area contributed by atoms with Crippen molar-refractivity contribution in [1.29, 1.82) is 0 Å². The zero-order valence-electron chi connectivity index (χ0n) is 45.1. The van der Waals surface area contributed by atoms with Crippen LogP contribution >= 0.6 is 7.82 Å². The summed E-state index contributed by atoms with van der Waals surface area (Å²) in [5.41, 5.74) is 0. The van der Waals surface area contributed by atoms with E-state index in [1.807, 2.05) is 33.3 Å². The number of quaternary nitrogens is 1. The Balaban J connectivity index is 5.42. The molecule has 0 saturated heterocycles. The SMILES string of the molecule is CC/C=C/C/C=C/CCCCCCCCCC(=O)OC(/C=C/CCCCCCCCCCCCC)C(COP(=O)([O-])OCC[N+](C)(C)C)NC(=O)CCCCCCCC/C=C/C=C/CCCCC. The number of likely N-dealkylation sites (N-methyl/N-ethyl adjacent to an activating group) is 1. The number of allylic oxidation sites excluding steroid dienone is 9. The molecule has 0 aromatic carbocycles. The van der Waals surface area contributed by atoms with Crippen LogP contribution in [0.15, 0.2) is 60.8 Å². The Morgan fingerprint density at radius 1 is 0.544 bits per heavy atom. The van der Waals surface area contributed by atoms with Crippen molar-refractivity contribution in [2.45, 2.75) is 258 Å². The van der Waals surface area contributed by atoms with E-state index in [0.717, 1.165) is 116 Å². The van der Waals surface area contributed by atoms with E-state index in [1.165, 1.54) is 96.3 Å². The van der Waals surface area contributed by atoms with Crippen LogP contribution in [0.3, 0.4) is 0 Å². The van der Waals surface area contributed by atoms with Crippen LogP contribution in [0.5, 0.6) is 0 Å². The van der Waals surface area contributed by atoms with Crippen LogP contribution in [0.2, 0.25) is 0 Å². The lowest BCUT2D eigenvalue weighted by atomic mass is 10.0. The highest BCUT2D eigenvalue weighted by Gasteiger charge is 2.27. The first-order chi connectivity index (χ1) is 32.9. The number of carbonyl (C=O) groups is 2. The number of amides is 1. The average Bonchev–Trinajstić information content (AvgIpc) is 3.29. The van der Waals surface area contributed by atoms with Crippen LogP contribution in [-0.2, 0) is 27.9 Å². The fourth-order valence-electron chi connectivity index (χ4n) is 7.84. The topological polar surface area (TPSA) is 114 Å². The van der Waals surface area contributed by atoms with Crippen LogP contribution in [0.4, 0.5) is 0 Å². The molecular formula is C58H107N2O7P. The molecular weight excluding hydrogens is 868 g/mol. The van der Waals surface area contributed by atoms with Crippen LogP contribution in [0, 0.1) is 0 Å². The van der Waals surface area contributed by atoms with E-state index in [0.29, 0.717) is 17.4 Å². The Kier molecular flexibility index (Phi) is 46.7. The van der Waals surface area contributed by atoms with E-state index in [-0.39, 0.29) is 24.9 Å². The molecule has 10 heteroatoms. The summed E-state index contributed by atoms with van der Waals surface area (Å²) in [6.45, 7) is 6.69. The molecule has 68 heavy (non-hydrogen) atoms. The number of rotatable bonds is 50. The maximum atomic E-state index is 13.5. The van der Waals surface area contributed by atoms with Crippen molar-refractivity contribution < 1.29 is 37.3 Å². The van der Waals surface area contributed by atoms with Gasteiger partial charge >= 0.3 is 5.97 Å². The molecule has 0 aliphatic rings. The fourth-order valence-corrected chi connectivity index (χ4v) is 8.57. The molecule has 1 amide bonds. The Morgan fingerprint density at radius 2 is 0.985 bits per heavy atom. The fraction of sp³-hybridized carbons (Fsp3) is 0.793. The van der Waals surface area contributed by atoms with Gasteiger partial charge in [-0.25, -0.2) is 0 Å². The van der Waals surface area contributed by atoms with Gasteiger partial charge in [0, 0.05) is 12.8 Å². The second-order valence-corrected chi connectivity index (χ2v) is 21.5. The van der Waals surface area contributed by atoms with Gasteiger partial charge in [-0.3, -0.25) is 14.2 Å². The molecule has 9 nitrogen and oxygen atoms in total. The minimum absolute atomic E-state index is 0.0274. The van der Waals surface area contributed by atoms with Crippen molar-refractivity contribution in [3.05, 3.63) is 60.8 Å². The first-order valence-corrected chi connectivity index (χ1v) is 29.6. The van der Waals surface area contributed by atoms with E-state index < -0.39 is 26.6 Å². The smallest absolute Gasteiger partial charge is 0.306 e. The molecule has 0 spiro atoms. The average molecular weight is 975 g/mol. The van der Waals surface area contributed by atoms with E-state index in [9.17, 15) is 19.0 Å². The van der Waals surface area contributed by atoms with Crippen LogP contribution in [0.25, 0.3) is 0 Å². The zero-order chi connectivity index (χ0) is 50.1. The number of nitrogens with zero attached hydrogens (tertiary/aromatic N) is 1. The van der Waals surface area contributed by atoms with Gasteiger partial charge < -0.3 is 28.5 Å². The van der Waals surface area contributed by atoms with Crippen molar-refractivity contribution in [3.63, 3.8) is 0 Å². The summed E-state index contributed by atoms with van der Waals surface area (Å²) in [7, 11) is 1.17. The van der Waals surface area contributed by atoms with Gasteiger partial charge in [0.15, 0.2) is 0 Å². The van der Waals surface area contributed by atoms with Crippen molar-refractivity contribution in [3.8, 4) is 0 Å². The largest absolute Gasteiger partial charge is 0.756 e. The van der Waals surface area contributed by atoms with Gasteiger partial charge in [-0.05, 0) is 83.1 Å². The first kappa shape index (κ1) is 65.7. The molecule has 0 heterocycles. The van der Waals surface area contributed by atoms with Gasteiger partial charge in [-0.1, -0.05) is 210 Å². The van der Waals surface area contributed by atoms with Crippen molar-refractivity contribution in [2.24, 2.45) is 0 Å². The normalized spacial score (nSPS) is 14.3. The van der Waals surface area contributed by atoms with Crippen molar-refractivity contribution >= 4 is 19.7 Å². The molecule has 0 fully saturated rings. The Morgan fingerprint density at radius 3 is 1.51 bits per heavy atom. The summed E-state index contributed by atoms with van der Waals surface area (Å²) in [6, 6.07) is -0.897. The number of ether oxygens (including phenoxy) is 1. The molecule has 0 rings (SSSR count). The molecule has 3 unspecified atom stereocenters. The number of nitrogens with one attached hydrogen (secondary N) is 1. The van der Waals surface area contributed by atoms with Gasteiger partial charge in [-0.2, -0.15) is 0 Å². The minimum atomic E-state index is -4.70. The summed E-state index contributed by atoms with van der Waals surface area (Å²) in [6.07, 6.45) is 58.9. The van der Waals surface area contributed by atoms with E-state index in [1.54, 1.807) is 0 Å². The standard InChI is InChI=1S/C58H107N2O7P/c1-7-10-13-16-19-22-25-28-30-32-35-38-41-44-47-50-57(61)59-55(54-66-68(63,64)65-53-52-60(4,5)6)56(49-46-43-40-37-34-31-27-24-21-18-15-12-9-3)67-58(62)51-48-45-42-39-36-33-29-26-23-20-17-14-11-8-2/h11,14,19-20,22-23,25,28,46,49,55-56H,7-10,12-13,15-18,21,24,26-27,29-45,47-48,50-54H2,1-6H3,(H-,59,61,63,64)/b14-11+,22-19+,23-20+,28-25+,49-46+. The summed E-state index contributed by atoms with van der Waals surface area (Å²) in [5, 5.41) is 3.01. The Labute approximate surface area is 420 Å². The predicted octanol–water partition coefficient (Wildman–Crippen LogP) is 16.1. The van der Waals surface area contributed by atoms with Crippen LogP contribution in [-0.4, -0.2) is 69.4 Å². The molecule has 0 radical (unpaired) electrons. The van der Waals surface area contributed by atoms with Crippen molar-refractivity contribution in [2.75, 3.05) is 40.9 Å². The number of phosphoric ester groups is 1. The second-order valence-electron chi connectivity index (χ2n) is 20.1. The number of esters is 1. The van der Waals surface area contributed by atoms with E-state index in [2.05, 4.69) is 74.7 Å². The highest BCUT2D eigenvalue weighted by molar-refractivity contribution is 7.45. The summed E-state index contributed by atoms with van der Waals surface area (Å²) < 4.78 is 30.2. The number of hydrogen-bond donors (Lipinski definition) is 1. The molecule has 396 valence electrons. The molecule has 0 aliphatic carbocycles. The maximum absolute atomic E-state index is 13.5. The van der Waals surface area contributed by atoms with Gasteiger partial charge in [0.05, 0.1) is 33.8 Å². The molecule has 0 saturated carbocycles. The van der Waals surface area contributed by atoms with Crippen LogP contribution in [0.1, 0.15) is 245 Å². The monoisotopic (exact) mass is 975 g/mol. The lowest BCUT2D eigenvalue weighted by Crippen LogP contribution is -2.47. The molecule has 0 aromatic heterocycles. The van der Waals surface area contributed by atoms with E-state index in [4.69, 9.17) is 13.8 Å². The number of unbranched alkanes of at least 4 members (excludes halogenated alkanes) is 27. The third kappa shape index (κ3) is 48.7. The Hall–Kier alpha value is -2.29. The van der Waals surface area contributed by atoms with Gasteiger partial charge in [0.2, 0.25) is 5.91 Å². The van der Waals surface area contributed by atoms with Gasteiger partial charge in [-0.15, -0.1) is 0 Å². The number of carbonyl (C=O) groups excluding carboxylic acids is 2. The second kappa shape index (κ2) is 48.3. The highest BCUT2D eigenvalue weighted by atomic mass is 31.2. The highest BCUT2D eigenvalue weighted by Crippen LogP contribution is 2.38. The number of hydrogen-bond acceptors (Lipinski definition) is 7. The van der Waals surface area contributed by atoms with Crippen LogP contribution < -0.4 is 10.2 Å². The molecule has 3 atom stereocenters. The third-order valence-corrected chi connectivity index (χ3v) is 13.2. The summed E-state index contributed by atoms with van der Waals surface area (Å²) in [4.78, 5) is 39.8.